The van der Waals surface area contributed by atoms with E-state index >= 15 is 0 Å². The quantitative estimate of drug-likeness (QED) is 0.147. The summed E-state index contributed by atoms with van der Waals surface area (Å²) in [6.07, 6.45) is 1.73. The number of halogens is 1. The normalized spacial score (nSPS) is 10.9. The zero-order chi connectivity index (χ0) is 29.0. The highest BCUT2D eigenvalue weighted by Gasteiger charge is 2.22. The van der Waals surface area contributed by atoms with Crippen molar-refractivity contribution in [1.29, 1.82) is 0 Å². The van der Waals surface area contributed by atoms with E-state index in [2.05, 4.69) is 20.6 Å². The van der Waals surface area contributed by atoms with Gasteiger partial charge in [-0.2, -0.15) is 0 Å². The molecule has 12 heteroatoms. The van der Waals surface area contributed by atoms with Crippen LogP contribution in [0.15, 0.2) is 89.4 Å². The molecule has 0 spiro atoms. The van der Waals surface area contributed by atoms with E-state index in [9.17, 15) is 15.0 Å². The summed E-state index contributed by atoms with van der Waals surface area (Å²) >= 11 is 0. The summed E-state index contributed by atoms with van der Waals surface area (Å²) in [6, 6.07) is 23.4. The first-order chi connectivity index (χ1) is 20.0. The van der Waals surface area contributed by atoms with Gasteiger partial charge in [0.1, 0.15) is 18.0 Å². The van der Waals surface area contributed by atoms with Crippen molar-refractivity contribution < 1.29 is 36.7 Å². The van der Waals surface area contributed by atoms with Crippen molar-refractivity contribution in [1.82, 2.24) is 9.78 Å². The maximum absolute atomic E-state index is 12.1. The maximum atomic E-state index is 12.1. The third kappa shape index (κ3) is 8.59. The zero-order valence-corrected chi connectivity index (χ0v) is 24.5. The van der Waals surface area contributed by atoms with Gasteiger partial charge >= 0.3 is 5.95 Å². The van der Waals surface area contributed by atoms with Crippen molar-refractivity contribution in [3.8, 4) is 5.75 Å². The van der Waals surface area contributed by atoms with Gasteiger partial charge in [0, 0.05) is 31.2 Å². The van der Waals surface area contributed by atoms with Gasteiger partial charge in [-0.1, -0.05) is 65.8 Å². The molecule has 0 saturated heterocycles. The average molecular weight is 594 g/mol. The fourth-order valence-electron chi connectivity index (χ4n) is 4.39. The van der Waals surface area contributed by atoms with E-state index in [4.69, 9.17) is 4.74 Å². The molecule has 222 valence electrons. The number of amides is 1. The number of hydrogen-bond acceptors (Lipinski definition) is 8. The predicted molar refractivity (Wildman–Crippen MR) is 156 cm³/mol. The molecular formula is C30H36ClN7O4. The largest absolute Gasteiger partial charge is 1.00 e. The van der Waals surface area contributed by atoms with Crippen LogP contribution in [0.2, 0.25) is 0 Å². The lowest BCUT2D eigenvalue weighted by molar-refractivity contribution is -0.676. The third-order valence-corrected chi connectivity index (χ3v) is 6.20. The fraction of sp³-hybridized carbons (Fsp3) is 0.300. The van der Waals surface area contributed by atoms with E-state index in [1.165, 1.54) is 6.92 Å². The number of benzene rings is 3. The Bertz CT molecular complexity index is 1380. The molecule has 4 rings (SSSR count). The number of carbonyl (C=O) groups excluding carboxylic acids is 1. The van der Waals surface area contributed by atoms with Gasteiger partial charge in [-0.25, -0.2) is 4.57 Å². The van der Waals surface area contributed by atoms with Gasteiger partial charge < -0.3 is 37.6 Å². The smallest absolute Gasteiger partial charge is 0.404 e. The monoisotopic (exact) mass is 593 g/mol. The number of aliphatic hydroxyl groups is 2. The standard InChI is InChI=1S/C30H35N7O4.ClH/c1-3-41-29-19-27(26(32-23(2)40)18-28(29)35(14-16-38)15-17-39)33-34-30-36(20-24-10-6-4-7-11-24)22-31-37(30)21-25-12-8-5-9-13-25;/h4-13,18-19,22,38-39H,3,14-17,20-21H2,1-2H3;1H. The molecule has 0 radical (unpaired) electrons. The van der Waals surface area contributed by atoms with E-state index < -0.39 is 0 Å². The van der Waals surface area contributed by atoms with Gasteiger partial charge in [0.25, 0.3) is 0 Å². The number of aromatic nitrogens is 3. The van der Waals surface area contributed by atoms with E-state index in [1.54, 1.807) is 28.0 Å². The number of rotatable bonds is 14. The summed E-state index contributed by atoms with van der Waals surface area (Å²) in [6.45, 7) is 5.03. The minimum Gasteiger partial charge on any atom is -1.00 e. The maximum Gasteiger partial charge on any atom is 0.404 e. The highest BCUT2D eigenvalue weighted by molar-refractivity contribution is 5.93. The highest BCUT2D eigenvalue weighted by atomic mass is 35.5. The second kappa shape index (κ2) is 16.2. The minimum absolute atomic E-state index is 0. The van der Waals surface area contributed by atoms with Crippen molar-refractivity contribution in [2.45, 2.75) is 26.9 Å². The van der Waals surface area contributed by atoms with Gasteiger partial charge in [0.15, 0.2) is 0 Å². The first-order valence-corrected chi connectivity index (χ1v) is 13.5. The van der Waals surface area contributed by atoms with Crippen molar-refractivity contribution in [3.05, 3.63) is 90.3 Å². The van der Waals surface area contributed by atoms with Crippen LogP contribution in [0.5, 0.6) is 5.75 Å². The van der Waals surface area contributed by atoms with Crippen molar-refractivity contribution >= 4 is 28.9 Å². The molecule has 0 aliphatic carbocycles. The molecule has 0 aliphatic heterocycles. The molecule has 0 fully saturated rings. The third-order valence-electron chi connectivity index (χ3n) is 6.20. The molecule has 0 aliphatic rings. The Balaban J connectivity index is 0.00000484. The Morgan fingerprint density at radius 1 is 1.00 bits per heavy atom. The lowest BCUT2D eigenvalue weighted by Crippen LogP contribution is -3.00. The summed E-state index contributed by atoms with van der Waals surface area (Å²) in [5.41, 5.74) is 3.57. The molecule has 1 heterocycles. The van der Waals surface area contributed by atoms with Crippen LogP contribution in [0.3, 0.4) is 0 Å². The molecular weight excluding hydrogens is 558 g/mol. The fourth-order valence-corrected chi connectivity index (χ4v) is 4.39. The molecule has 42 heavy (non-hydrogen) atoms. The number of nitrogens with zero attached hydrogens (tertiary/aromatic N) is 6. The Morgan fingerprint density at radius 3 is 2.24 bits per heavy atom. The number of ether oxygens (including phenoxy) is 1. The zero-order valence-electron chi connectivity index (χ0n) is 23.7. The SMILES string of the molecule is CCOc1cc(N=Nc2n(Cc3ccccc3)nc[n+]2Cc2ccccc2)c(NC(C)=O)cc1N(CCO)CCO.[Cl-]. The number of anilines is 2. The van der Waals surface area contributed by atoms with E-state index in [0.29, 0.717) is 48.5 Å². The molecule has 3 aromatic carbocycles. The Morgan fingerprint density at radius 2 is 1.64 bits per heavy atom. The van der Waals surface area contributed by atoms with Crippen LogP contribution in [0.4, 0.5) is 23.0 Å². The van der Waals surface area contributed by atoms with E-state index in [0.717, 1.165) is 11.1 Å². The Kier molecular flexibility index (Phi) is 12.4. The molecule has 0 unspecified atom stereocenters. The number of hydrogen-bond donors (Lipinski definition) is 3. The van der Waals surface area contributed by atoms with Crippen LogP contribution >= 0.6 is 0 Å². The van der Waals surface area contributed by atoms with Crippen LogP contribution in [0.1, 0.15) is 25.0 Å². The summed E-state index contributed by atoms with van der Waals surface area (Å²) in [7, 11) is 0. The summed E-state index contributed by atoms with van der Waals surface area (Å²) in [5, 5.41) is 35.8. The average Bonchev–Trinajstić information content (AvgIpc) is 3.34. The van der Waals surface area contributed by atoms with Crippen LogP contribution in [-0.2, 0) is 17.9 Å². The predicted octanol–water partition coefficient (Wildman–Crippen LogP) is 0.835. The van der Waals surface area contributed by atoms with E-state index in [1.807, 2.05) is 72.2 Å². The first kappa shape index (κ1) is 32.2. The number of nitrogens with one attached hydrogen (secondary N) is 1. The van der Waals surface area contributed by atoms with E-state index in [-0.39, 0.29) is 44.6 Å². The van der Waals surface area contributed by atoms with Gasteiger partial charge in [-0.15, -0.1) is 4.68 Å². The Hall–Kier alpha value is -4.32. The van der Waals surface area contributed by atoms with Crippen LogP contribution < -0.4 is 31.9 Å². The van der Waals surface area contributed by atoms with Gasteiger partial charge in [-0.3, -0.25) is 4.79 Å². The Labute approximate surface area is 251 Å². The molecule has 1 amide bonds. The minimum atomic E-state index is -0.277. The van der Waals surface area contributed by atoms with Crippen molar-refractivity contribution in [3.63, 3.8) is 0 Å². The molecule has 0 saturated carbocycles. The molecule has 4 aromatic rings. The second-order valence-corrected chi connectivity index (χ2v) is 9.27. The molecule has 11 nitrogen and oxygen atoms in total. The van der Waals surface area contributed by atoms with Crippen LogP contribution in [-0.4, -0.2) is 58.8 Å². The van der Waals surface area contributed by atoms with Crippen LogP contribution in [0, 0.1) is 0 Å². The lowest BCUT2D eigenvalue weighted by atomic mass is 10.2. The van der Waals surface area contributed by atoms with Gasteiger partial charge in [0.2, 0.25) is 12.2 Å². The first-order valence-electron chi connectivity index (χ1n) is 13.5. The van der Waals surface area contributed by atoms with Gasteiger partial charge in [0.05, 0.1) is 37.7 Å². The number of aliphatic hydroxyl groups excluding tert-OH is 2. The van der Waals surface area contributed by atoms with Crippen molar-refractivity contribution in [2.75, 3.05) is 43.1 Å². The summed E-state index contributed by atoms with van der Waals surface area (Å²) < 4.78 is 9.61. The van der Waals surface area contributed by atoms with Crippen LogP contribution in [0.25, 0.3) is 0 Å². The van der Waals surface area contributed by atoms with Crippen molar-refractivity contribution in [2.24, 2.45) is 10.2 Å². The van der Waals surface area contributed by atoms with Gasteiger partial charge in [-0.05, 0) is 29.2 Å². The number of azo groups is 1. The number of carbonyl (C=O) groups is 1. The summed E-state index contributed by atoms with van der Waals surface area (Å²) in [5.74, 6) is 0.740. The second-order valence-electron chi connectivity index (χ2n) is 9.27. The molecule has 0 bridgehead atoms. The molecule has 3 N–H and O–H groups in total. The summed E-state index contributed by atoms with van der Waals surface area (Å²) in [4.78, 5) is 13.9. The lowest BCUT2D eigenvalue weighted by Gasteiger charge is -2.26. The molecule has 0 atom stereocenters. The molecule has 1 aromatic heterocycles. The highest BCUT2D eigenvalue weighted by Crippen LogP contribution is 2.39. The topological polar surface area (TPSA) is 128 Å².